The average molecular weight is 446 g/mol. The van der Waals surface area contributed by atoms with Gasteiger partial charge in [-0.25, -0.2) is 0 Å². The zero-order chi connectivity index (χ0) is 21.6. The summed E-state index contributed by atoms with van der Waals surface area (Å²) in [6.07, 6.45) is 5.44. The summed E-state index contributed by atoms with van der Waals surface area (Å²) in [7, 11) is 0. The number of benzene rings is 2. The molecule has 2 rings (SSSR count). The maximum atomic E-state index is 13.0. The molecule has 2 aromatic carbocycles. The van der Waals surface area contributed by atoms with E-state index in [1.54, 1.807) is 23.9 Å². The molecule has 162 valence electrons. The van der Waals surface area contributed by atoms with Crippen molar-refractivity contribution in [3.05, 3.63) is 71.8 Å². The second-order valence-corrected chi connectivity index (χ2v) is 9.21. The molecular formula is C24H31NO3S2. The van der Waals surface area contributed by atoms with E-state index in [1.807, 2.05) is 48.5 Å². The van der Waals surface area contributed by atoms with E-state index in [0.29, 0.717) is 17.7 Å². The molecular weight excluding hydrogens is 414 g/mol. The summed E-state index contributed by atoms with van der Waals surface area (Å²) in [6.45, 7) is -0.0703. The van der Waals surface area contributed by atoms with Crippen LogP contribution < -0.4 is 5.32 Å². The molecule has 4 nitrogen and oxygen atoms in total. The molecule has 0 aromatic heterocycles. The molecule has 30 heavy (non-hydrogen) atoms. The van der Waals surface area contributed by atoms with E-state index in [4.69, 9.17) is 0 Å². The van der Waals surface area contributed by atoms with Gasteiger partial charge in [-0.05, 0) is 36.8 Å². The number of carbonyl (C=O) groups excluding carboxylic acids is 2. The van der Waals surface area contributed by atoms with Crippen LogP contribution in [0.2, 0.25) is 0 Å². The molecule has 0 bridgehead atoms. The van der Waals surface area contributed by atoms with Crippen molar-refractivity contribution in [2.24, 2.45) is 5.92 Å². The molecule has 0 radical (unpaired) electrons. The number of nitrogens with one attached hydrogen (secondary N) is 1. The summed E-state index contributed by atoms with van der Waals surface area (Å²) in [5.41, 5.74) is 1.70. The van der Waals surface area contributed by atoms with E-state index in [-0.39, 0.29) is 29.6 Å². The van der Waals surface area contributed by atoms with Gasteiger partial charge in [-0.15, -0.1) is 0 Å². The lowest BCUT2D eigenvalue weighted by Crippen LogP contribution is -2.42. The number of unbranched alkanes of at least 4 members (excludes halogenated alkanes) is 1. The van der Waals surface area contributed by atoms with Gasteiger partial charge in [0.05, 0.1) is 18.6 Å². The maximum absolute atomic E-state index is 13.0. The summed E-state index contributed by atoms with van der Waals surface area (Å²) >= 11 is 2.98. The van der Waals surface area contributed by atoms with E-state index in [0.717, 1.165) is 30.6 Å². The third-order valence-electron chi connectivity index (χ3n) is 4.84. The van der Waals surface area contributed by atoms with E-state index in [9.17, 15) is 14.7 Å². The fraction of sp³-hybridized carbons (Fsp3) is 0.417. The summed E-state index contributed by atoms with van der Waals surface area (Å²) in [5, 5.41) is 12.7. The first-order valence-corrected chi connectivity index (χ1v) is 12.7. The van der Waals surface area contributed by atoms with Gasteiger partial charge in [0.25, 0.3) is 0 Å². The third kappa shape index (κ3) is 8.94. The van der Waals surface area contributed by atoms with Crippen LogP contribution in [-0.2, 0) is 11.2 Å². The standard InChI is InChI=1S/C24H31NO3S2/c1-29-15-9-8-14-22(17-26)25-23(27)21(16-19-10-4-2-5-11-19)18-30-24(28)20-12-6-3-7-13-20/h2-7,10-13,21-22,26H,8-9,14-18H2,1H3,(H,25,27)/t21-,22+/m1/s1. The largest absolute Gasteiger partial charge is 0.394 e. The molecule has 0 aliphatic carbocycles. The first kappa shape index (κ1) is 24.5. The van der Waals surface area contributed by atoms with Gasteiger partial charge in [0.2, 0.25) is 11.0 Å². The van der Waals surface area contributed by atoms with E-state index < -0.39 is 0 Å². The van der Waals surface area contributed by atoms with Gasteiger partial charge in [0, 0.05) is 11.3 Å². The van der Waals surface area contributed by atoms with E-state index >= 15 is 0 Å². The van der Waals surface area contributed by atoms with Crippen molar-refractivity contribution in [2.45, 2.75) is 31.7 Å². The van der Waals surface area contributed by atoms with Crippen LogP contribution in [0.25, 0.3) is 0 Å². The Morgan fingerprint density at radius 3 is 2.30 bits per heavy atom. The van der Waals surface area contributed by atoms with Crippen LogP contribution in [0.5, 0.6) is 0 Å². The lowest BCUT2D eigenvalue weighted by molar-refractivity contribution is -0.125. The number of hydrogen-bond donors (Lipinski definition) is 2. The number of rotatable bonds is 13. The monoisotopic (exact) mass is 445 g/mol. The molecule has 0 fully saturated rings. The summed E-state index contributed by atoms with van der Waals surface area (Å²) in [4.78, 5) is 25.5. The highest BCUT2D eigenvalue weighted by Gasteiger charge is 2.23. The van der Waals surface area contributed by atoms with Crippen molar-refractivity contribution in [1.82, 2.24) is 5.32 Å². The summed E-state index contributed by atoms with van der Waals surface area (Å²) < 4.78 is 0. The van der Waals surface area contributed by atoms with Gasteiger partial charge >= 0.3 is 0 Å². The number of aliphatic hydroxyl groups is 1. The van der Waals surface area contributed by atoms with E-state index in [1.165, 1.54) is 11.8 Å². The molecule has 0 saturated carbocycles. The van der Waals surface area contributed by atoms with Gasteiger partial charge in [0.15, 0.2) is 0 Å². The topological polar surface area (TPSA) is 66.4 Å². The Kier molecular flexibility index (Phi) is 11.7. The Hall–Kier alpha value is -1.76. The Labute approximate surface area is 188 Å². The van der Waals surface area contributed by atoms with Crippen LogP contribution in [0.15, 0.2) is 60.7 Å². The van der Waals surface area contributed by atoms with Crippen molar-refractivity contribution >= 4 is 34.5 Å². The number of amides is 1. The smallest absolute Gasteiger partial charge is 0.224 e. The second-order valence-electron chi connectivity index (χ2n) is 7.23. The molecule has 0 unspecified atom stereocenters. The van der Waals surface area contributed by atoms with Crippen LogP contribution in [0.1, 0.15) is 35.2 Å². The van der Waals surface area contributed by atoms with Crippen LogP contribution >= 0.6 is 23.5 Å². The predicted molar refractivity (Wildman–Crippen MR) is 128 cm³/mol. The molecule has 2 aromatic rings. The minimum Gasteiger partial charge on any atom is -0.394 e. The molecule has 0 aliphatic heterocycles. The molecule has 0 spiro atoms. The fourth-order valence-corrected chi connectivity index (χ4v) is 4.54. The number of aliphatic hydroxyl groups excluding tert-OH is 1. The van der Waals surface area contributed by atoms with Crippen LogP contribution in [0.4, 0.5) is 0 Å². The predicted octanol–water partition coefficient (Wildman–Crippen LogP) is 4.43. The van der Waals surface area contributed by atoms with Crippen LogP contribution in [-0.4, -0.2) is 46.5 Å². The number of hydrogen-bond acceptors (Lipinski definition) is 5. The molecule has 0 saturated heterocycles. The molecule has 1 amide bonds. The van der Waals surface area contributed by atoms with Crippen molar-refractivity contribution in [1.29, 1.82) is 0 Å². The zero-order valence-electron chi connectivity index (χ0n) is 17.5. The SMILES string of the molecule is CSCCCC[C@@H](CO)NC(=O)[C@@H](CSC(=O)c1ccccc1)Cc1ccccc1. The summed E-state index contributed by atoms with van der Waals surface area (Å²) in [6, 6.07) is 18.7. The van der Waals surface area contributed by atoms with Gasteiger partial charge in [-0.1, -0.05) is 78.8 Å². The Balaban J connectivity index is 1.98. The first-order valence-electron chi connectivity index (χ1n) is 10.3. The molecule has 0 aliphatic rings. The average Bonchev–Trinajstić information content (AvgIpc) is 2.79. The Morgan fingerprint density at radius 2 is 1.67 bits per heavy atom. The second kappa shape index (κ2) is 14.3. The fourth-order valence-electron chi connectivity index (χ4n) is 3.13. The Morgan fingerprint density at radius 1 is 1.00 bits per heavy atom. The third-order valence-corrected chi connectivity index (χ3v) is 6.60. The van der Waals surface area contributed by atoms with Crippen molar-refractivity contribution < 1.29 is 14.7 Å². The highest BCUT2D eigenvalue weighted by molar-refractivity contribution is 8.14. The van der Waals surface area contributed by atoms with Gasteiger partial charge in [0.1, 0.15) is 0 Å². The first-order chi connectivity index (χ1) is 14.6. The highest BCUT2D eigenvalue weighted by atomic mass is 32.2. The van der Waals surface area contributed by atoms with Gasteiger partial charge < -0.3 is 10.4 Å². The zero-order valence-corrected chi connectivity index (χ0v) is 19.1. The lowest BCUT2D eigenvalue weighted by Gasteiger charge is -2.21. The molecule has 2 N–H and O–H groups in total. The minimum atomic E-state index is -0.342. The number of carbonyl (C=O) groups is 2. The molecule has 0 heterocycles. The molecule has 2 atom stereocenters. The van der Waals surface area contributed by atoms with E-state index in [2.05, 4.69) is 11.6 Å². The van der Waals surface area contributed by atoms with Crippen LogP contribution in [0.3, 0.4) is 0 Å². The minimum absolute atomic E-state index is 0.0303. The number of thioether (sulfide) groups is 2. The van der Waals surface area contributed by atoms with Gasteiger partial charge in [-0.2, -0.15) is 11.8 Å². The maximum Gasteiger partial charge on any atom is 0.224 e. The van der Waals surface area contributed by atoms with Crippen LogP contribution in [0, 0.1) is 5.92 Å². The van der Waals surface area contributed by atoms with Gasteiger partial charge in [-0.3, -0.25) is 9.59 Å². The molecule has 6 heteroatoms. The van der Waals surface area contributed by atoms with Crippen molar-refractivity contribution in [3.63, 3.8) is 0 Å². The van der Waals surface area contributed by atoms with Crippen molar-refractivity contribution in [3.8, 4) is 0 Å². The van der Waals surface area contributed by atoms with Crippen molar-refractivity contribution in [2.75, 3.05) is 24.4 Å². The lowest BCUT2D eigenvalue weighted by atomic mass is 9.99. The highest BCUT2D eigenvalue weighted by Crippen LogP contribution is 2.20. The normalized spacial score (nSPS) is 12.9. The summed E-state index contributed by atoms with van der Waals surface area (Å²) in [5.74, 6) is 1.04. The Bertz CT molecular complexity index is 756. The quantitative estimate of drug-likeness (QED) is 0.447.